The minimum absolute atomic E-state index is 0.146. The van der Waals surface area contributed by atoms with Gasteiger partial charge in [-0.2, -0.15) is 5.10 Å². The number of methoxy groups -OCH3 is 1. The van der Waals surface area contributed by atoms with Crippen molar-refractivity contribution in [2.24, 2.45) is 5.10 Å². The average molecular weight is 492 g/mol. The Morgan fingerprint density at radius 3 is 2.61 bits per heavy atom. The second kappa shape index (κ2) is 10.8. The molecule has 1 aromatic heterocycles. The van der Waals surface area contributed by atoms with E-state index < -0.39 is 16.9 Å². The maximum Gasteiger partial charge on any atom is 0.350 e. The van der Waals surface area contributed by atoms with E-state index in [1.165, 1.54) is 20.2 Å². The number of rotatable bonds is 9. The fraction of sp³-hybridized carbons (Fsp3) is 0.190. The first-order chi connectivity index (χ1) is 15.8. The molecule has 0 bridgehead atoms. The van der Waals surface area contributed by atoms with E-state index in [0.717, 1.165) is 10.9 Å². The fourth-order valence-electron chi connectivity index (χ4n) is 2.75. The third-order valence-electron chi connectivity index (χ3n) is 4.58. The molecule has 1 unspecified atom stereocenters. The lowest BCUT2D eigenvalue weighted by Crippen LogP contribution is -2.27. The van der Waals surface area contributed by atoms with Gasteiger partial charge < -0.3 is 9.47 Å². The molecule has 1 atom stereocenters. The number of benzene rings is 2. The van der Waals surface area contributed by atoms with Crippen LogP contribution in [0.3, 0.4) is 0 Å². The van der Waals surface area contributed by atoms with Crippen LogP contribution in [0.4, 0.5) is 5.69 Å². The Hall–Kier alpha value is -3.63. The predicted octanol–water partition coefficient (Wildman–Crippen LogP) is 4.40. The largest absolute Gasteiger partial charge is 0.488 e. The van der Waals surface area contributed by atoms with Gasteiger partial charge in [0.2, 0.25) is 0 Å². The van der Waals surface area contributed by atoms with Crippen molar-refractivity contribution in [3.05, 3.63) is 79.9 Å². The van der Waals surface area contributed by atoms with Crippen LogP contribution in [0.1, 0.15) is 24.1 Å². The summed E-state index contributed by atoms with van der Waals surface area (Å²) in [4.78, 5) is 22.8. The number of aromatic nitrogens is 2. The number of amides is 1. The molecule has 1 amide bonds. The van der Waals surface area contributed by atoms with E-state index in [-0.39, 0.29) is 18.2 Å². The summed E-state index contributed by atoms with van der Waals surface area (Å²) in [6.45, 7) is 1.66. The van der Waals surface area contributed by atoms with E-state index in [4.69, 9.17) is 32.7 Å². The van der Waals surface area contributed by atoms with Crippen LogP contribution < -0.4 is 14.9 Å². The number of nitro groups is 1. The molecule has 172 valence electrons. The molecule has 0 aliphatic rings. The predicted molar refractivity (Wildman–Crippen MR) is 123 cm³/mol. The minimum Gasteiger partial charge on any atom is -0.488 e. The molecule has 1 heterocycles. The van der Waals surface area contributed by atoms with E-state index in [9.17, 15) is 14.9 Å². The fourth-order valence-corrected chi connectivity index (χ4v) is 3.26. The Balaban J connectivity index is 1.67. The van der Waals surface area contributed by atoms with Crippen LogP contribution in [0.2, 0.25) is 10.0 Å². The molecule has 0 radical (unpaired) electrons. The molecule has 0 spiro atoms. The van der Waals surface area contributed by atoms with Crippen molar-refractivity contribution >= 4 is 41.0 Å². The summed E-state index contributed by atoms with van der Waals surface area (Å²) < 4.78 is 11.8. The molecule has 0 saturated carbocycles. The van der Waals surface area contributed by atoms with Gasteiger partial charge in [0.05, 0.1) is 18.2 Å². The molecule has 10 nitrogen and oxygen atoms in total. The summed E-state index contributed by atoms with van der Waals surface area (Å²) in [6.07, 6.45) is 2.54. The van der Waals surface area contributed by atoms with E-state index in [1.807, 2.05) is 0 Å². The number of halogens is 2. The smallest absolute Gasteiger partial charge is 0.350 e. The van der Waals surface area contributed by atoms with Crippen LogP contribution in [-0.2, 0) is 11.4 Å². The van der Waals surface area contributed by atoms with Gasteiger partial charge in [-0.15, -0.1) is 5.10 Å². The highest BCUT2D eigenvalue weighted by molar-refractivity contribution is 6.35. The Bertz CT molecular complexity index is 1180. The number of hydrazone groups is 1. The zero-order chi connectivity index (χ0) is 24.0. The third-order valence-corrected chi connectivity index (χ3v) is 5.29. The van der Waals surface area contributed by atoms with Crippen molar-refractivity contribution in [1.29, 1.82) is 0 Å². The van der Waals surface area contributed by atoms with Crippen molar-refractivity contribution in [2.45, 2.75) is 19.6 Å². The average Bonchev–Trinajstić information content (AvgIpc) is 3.24. The number of hydrogen-bond donors (Lipinski definition) is 1. The van der Waals surface area contributed by atoms with E-state index in [2.05, 4.69) is 15.6 Å². The highest BCUT2D eigenvalue weighted by Crippen LogP contribution is 2.27. The molecule has 0 fully saturated rings. The second-order valence-electron chi connectivity index (χ2n) is 6.70. The van der Waals surface area contributed by atoms with Gasteiger partial charge >= 0.3 is 11.6 Å². The molecular weight excluding hydrogens is 473 g/mol. The van der Waals surface area contributed by atoms with E-state index >= 15 is 0 Å². The number of hydrogen-bond acceptors (Lipinski definition) is 7. The van der Waals surface area contributed by atoms with Gasteiger partial charge in [0.15, 0.2) is 0 Å². The number of para-hydroxylation sites is 1. The van der Waals surface area contributed by atoms with E-state index in [1.54, 1.807) is 42.5 Å². The number of nitrogens with one attached hydrogen (secondary N) is 1. The summed E-state index contributed by atoms with van der Waals surface area (Å²) >= 11 is 12.4. The zero-order valence-corrected chi connectivity index (χ0v) is 19.1. The lowest BCUT2D eigenvalue weighted by molar-refractivity contribution is -0.385. The zero-order valence-electron chi connectivity index (χ0n) is 17.6. The first-order valence-electron chi connectivity index (χ1n) is 9.57. The van der Waals surface area contributed by atoms with Crippen molar-refractivity contribution in [2.75, 3.05) is 7.11 Å². The Kier molecular flexibility index (Phi) is 7.86. The maximum absolute atomic E-state index is 12.4. The molecule has 0 aliphatic carbocycles. The normalized spacial score (nSPS) is 11.9. The summed E-state index contributed by atoms with van der Waals surface area (Å²) in [6, 6.07) is 11.4. The lowest BCUT2D eigenvalue weighted by atomic mass is 10.2. The van der Waals surface area contributed by atoms with Gasteiger partial charge in [-0.3, -0.25) is 14.9 Å². The van der Waals surface area contributed by atoms with Gasteiger partial charge in [-0.25, -0.2) is 10.1 Å². The lowest BCUT2D eigenvalue weighted by Gasteiger charge is -2.12. The molecule has 1 N–H and O–H groups in total. The van der Waals surface area contributed by atoms with Gasteiger partial charge in [0.25, 0.3) is 5.91 Å². The molecule has 12 heteroatoms. The quantitative estimate of drug-likeness (QED) is 0.269. The van der Waals surface area contributed by atoms with Crippen LogP contribution in [-0.4, -0.2) is 33.9 Å². The summed E-state index contributed by atoms with van der Waals surface area (Å²) in [5, 5.41) is 19.9. The van der Waals surface area contributed by atoms with Gasteiger partial charge in [0, 0.05) is 21.2 Å². The molecule has 2 aromatic carbocycles. The van der Waals surface area contributed by atoms with Crippen LogP contribution in [0.15, 0.2) is 53.8 Å². The van der Waals surface area contributed by atoms with Crippen LogP contribution in [0.25, 0.3) is 0 Å². The molecule has 33 heavy (non-hydrogen) atoms. The summed E-state index contributed by atoms with van der Waals surface area (Å²) in [5.74, 6) is -0.215. The first kappa shape index (κ1) is 24.0. The molecular formula is C21H19Cl2N5O5. The SMILES string of the molecule is COc1nn(C(C)C(=O)N/N=C/c2ccccc2OCc2c(Cl)cccc2Cl)cc1[N+](=O)[O-]. The number of ether oxygens (including phenoxy) is 2. The minimum atomic E-state index is -0.876. The van der Waals surface area contributed by atoms with E-state index in [0.29, 0.717) is 26.9 Å². The number of nitrogens with zero attached hydrogens (tertiary/aromatic N) is 4. The highest BCUT2D eigenvalue weighted by atomic mass is 35.5. The molecule has 3 rings (SSSR count). The van der Waals surface area contributed by atoms with Crippen LogP contribution in [0.5, 0.6) is 11.6 Å². The monoisotopic (exact) mass is 491 g/mol. The van der Waals surface area contributed by atoms with Crippen molar-refractivity contribution in [3.63, 3.8) is 0 Å². The second-order valence-corrected chi connectivity index (χ2v) is 7.51. The third kappa shape index (κ3) is 5.79. The van der Waals surface area contributed by atoms with Gasteiger partial charge in [-0.1, -0.05) is 41.4 Å². The molecule has 0 saturated heterocycles. The van der Waals surface area contributed by atoms with Crippen molar-refractivity contribution in [3.8, 4) is 11.6 Å². The van der Waals surface area contributed by atoms with Gasteiger partial charge in [-0.05, 0) is 31.2 Å². The Morgan fingerprint density at radius 1 is 1.27 bits per heavy atom. The summed E-state index contributed by atoms with van der Waals surface area (Å²) in [5.41, 5.74) is 3.30. The van der Waals surface area contributed by atoms with Crippen LogP contribution in [0, 0.1) is 10.1 Å². The number of carbonyl (C=O) groups excluding carboxylic acids is 1. The standard InChI is InChI=1S/C21H19Cl2N5O5/c1-13(27-11-18(28(30)31)21(26-27)32-2)20(29)25-24-10-14-6-3-4-9-19(14)33-12-15-16(22)7-5-8-17(15)23/h3-11,13H,12H2,1-2H3,(H,25,29)/b24-10+. The maximum atomic E-state index is 12.4. The van der Waals surface area contributed by atoms with Gasteiger partial charge in [0.1, 0.15) is 24.6 Å². The van der Waals surface area contributed by atoms with Crippen molar-refractivity contribution < 1.29 is 19.2 Å². The Morgan fingerprint density at radius 2 is 1.97 bits per heavy atom. The topological polar surface area (TPSA) is 121 Å². The first-order valence-corrected chi connectivity index (χ1v) is 10.3. The van der Waals surface area contributed by atoms with Crippen LogP contribution >= 0.6 is 23.2 Å². The Labute approximate surface area is 198 Å². The number of carbonyl (C=O) groups is 1. The van der Waals surface area contributed by atoms with Crippen molar-refractivity contribution in [1.82, 2.24) is 15.2 Å². The molecule has 0 aliphatic heterocycles. The summed E-state index contributed by atoms with van der Waals surface area (Å²) in [7, 11) is 1.26. The highest BCUT2D eigenvalue weighted by Gasteiger charge is 2.25. The molecule has 3 aromatic rings.